The van der Waals surface area contributed by atoms with Crippen LogP contribution in [-0.2, 0) is 30.1 Å². The minimum Gasteiger partial charge on any atom is -0.496 e. The monoisotopic (exact) mass is 542 g/mol. The largest absolute Gasteiger partial charge is 0.496 e. The van der Waals surface area contributed by atoms with Gasteiger partial charge in [0, 0.05) is 19.9 Å². The maximum atomic E-state index is 13.0. The number of amides is 2. The van der Waals surface area contributed by atoms with Gasteiger partial charge in [-0.25, -0.2) is 4.79 Å². The molecular weight excluding hydrogens is 499 g/mol. The molecule has 4 fully saturated rings. The minimum absolute atomic E-state index is 0.0381. The van der Waals surface area contributed by atoms with Crippen LogP contribution in [0.1, 0.15) is 83.1 Å². The second kappa shape index (κ2) is 10.8. The molecule has 0 radical (unpaired) electrons. The Morgan fingerprint density at radius 1 is 1.13 bits per heavy atom. The number of methoxy groups -OCH3 is 1. The average molecular weight is 542 g/mol. The zero-order valence-corrected chi connectivity index (χ0v) is 24.5. The molecule has 2 bridgehead atoms. The molecule has 39 heavy (non-hydrogen) atoms. The summed E-state index contributed by atoms with van der Waals surface area (Å²) in [4.78, 5) is 37.7. The van der Waals surface area contributed by atoms with Gasteiger partial charge in [0.2, 0.25) is 11.8 Å². The summed E-state index contributed by atoms with van der Waals surface area (Å²) in [5.74, 6) is -0.178. The van der Waals surface area contributed by atoms with Crippen molar-refractivity contribution in [1.82, 2.24) is 10.6 Å². The van der Waals surface area contributed by atoms with Crippen LogP contribution in [0.15, 0.2) is 18.2 Å². The number of esters is 1. The van der Waals surface area contributed by atoms with Crippen molar-refractivity contribution in [3.8, 4) is 5.75 Å². The van der Waals surface area contributed by atoms with Gasteiger partial charge in [-0.1, -0.05) is 26.0 Å². The van der Waals surface area contributed by atoms with E-state index in [1.807, 2.05) is 26.8 Å². The molecule has 9 nitrogen and oxygen atoms in total. The summed E-state index contributed by atoms with van der Waals surface area (Å²) in [6.07, 6.45) is 2.40. The van der Waals surface area contributed by atoms with Crippen LogP contribution in [0.3, 0.4) is 0 Å². The Morgan fingerprint density at radius 2 is 1.82 bits per heavy atom. The topological polar surface area (TPSA) is 112 Å². The molecule has 214 valence electrons. The summed E-state index contributed by atoms with van der Waals surface area (Å²) < 4.78 is 24.5. The number of ether oxygens (including phenoxy) is 2. The zero-order chi connectivity index (χ0) is 28.8. The molecular formula is C29H43BN2O7. The van der Waals surface area contributed by atoms with E-state index < -0.39 is 30.2 Å². The Kier molecular flexibility index (Phi) is 8.12. The number of para-hydroxylation sites is 1. The molecule has 1 aromatic carbocycles. The molecule has 1 heterocycles. The third kappa shape index (κ3) is 5.82. The van der Waals surface area contributed by atoms with E-state index in [0.717, 1.165) is 12.8 Å². The first-order valence-electron chi connectivity index (χ1n) is 13.9. The molecule has 1 aliphatic heterocycles. The van der Waals surface area contributed by atoms with E-state index in [1.54, 1.807) is 19.2 Å². The zero-order valence-electron chi connectivity index (χ0n) is 24.5. The quantitative estimate of drug-likeness (QED) is 0.363. The van der Waals surface area contributed by atoms with Gasteiger partial charge in [-0.15, -0.1) is 0 Å². The van der Waals surface area contributed by atoms with Crippen LogP contribution in [0.25, 0.3) is 0 Å². The summed E-state index contributed by atoms with van der Waals surface area (Å²) in [7, 11) is 2.37. The number of hydrogen-bond donors (Lipinski definition) is 2. The molecule has 10 heteroatoms. The van der Waals surface area contributed by atoms with Crippen LogP contribution in [0.5, 0.6) is 5.75 Å². The second-order valence-corrected chi connectivity index (χ2v) is 12.9. The molecule has 5 unspecified atom stereocenters. The molecule has 5 rings (SSSR count). The van der Waals surface area contributed by atoms with Gasteiger partial charge >= 0.3 is 13.1 Å². The van der Waals surface area contributed by atoms with Gasteiger partial charge in [0.05, 0.1) is 24.8 Å². The van der Waals surface area contributed by atoms with Crippen LogP contribution in [0, 0.1) is 17.3 Å². The molecule has 1 saturated heterocycles. The van der Waals surface area contributed by atoms with Crippen molar-refractivity contribution in [2.45, 2.75) is 96.9 Å². The maximum Gasteiger partial charge on any atom is 0.482 e. The molecule has 2 N–H and O–H groups in total. The van der Waals surface area contributed by atoms with Crippen LogP contribution >= 0.6 is 0 Å². The van der Waals surface area contributed by atoms with Gasteiger partial charge in [-0.2, -0.15) is 0 Å². The molecule has 5 atom stereocenters. The highest BCUT2D eigenvalue weighted by atomic mass is 16.7. The highest BCUT2D eigenvalue weighted by Crippen LogP contribution is 2.65. The van der Waals surface area contributed by atoms with E-state index >= 15 is 0 Å². The first-order chi connectivity index (χ1) is 18.2. The molecule has 0 spiro atoms. The fraction of sp³-hybridized carbons (Fsp3) is 0.690. The molecule has 3 aliphatic carbocycles. The van der Waals surface area contributed by atoms with Gasteiger partial charge in [0.1, 0.15) is 16.9 Å². The molecule has 1 aromatic rings. The lowest BCUT2D eigenvalue weighted by Crippen LogP contribution is -2.65. The van der Waals surface area contributed by atoms with Gasteiger partial charge in [0.25, 0.3) is 0 Å². The number of carbonyl (C=O) groups is 3. The van der Waals surface area contributed by atoms with Gasteiger partial charge in [-0.3, -0.25) is 9.59 Å². The van der Waals surface area contributed by atoms with Crippen molar-refractivity contribution in [3.05, 3.63) is 29.3 Å². The van der Waals surface area contributed by atoms with Crippen molar-refractivity contribution >= 4 is 24.9 Å². The van der Waals surface area contributed by atoms with Crippen LogP contribution < -0.4 is 15.4 Å². The van der Waals surface area contributed by atoms with E-state index in [0.29, 0.717) is 35.1 Å². The summed E-state index contributed by atoms with van der Waals surface area (Å²) in [5, 5.41) is 5.60. The Morgan fingerprint density at radius 3 is 2.44 bits per heavy atom. The smallest absolute Gasteiger partial charge is 0.482 e. The lowest BCUT2D eigenvalue weighted by Gasteiger charge is -2.64. The van der Waals surface area contributed by atoms with Gasteiger partial charge in [0.15, 0.2) is 0 Å². The maximum absolute atomic E-state index is 13.0. The number of nitrogens with one attached hydrogen (secondary N) is 2. The SMILES string of the molecule is CNC(=O)CCC(=O)NC(Cc1cccc(C(=O)OC(C)(C)C)c1OC)B1OC2CC3CC(C3(C)C)C2(C)O1. The Bertz CT molecular complexity index is 1120. The molecule has 2 amide bonds. The lowest BCUT2D eigenvalue weighted by molar-refractivity contribution is -0.199. The highest BCUT2D eigenvalue weighted by Gasteiger charge is 2.68. The standard InChI is InChI=1S/C29H43BN2O7/c1-27(2,3)37-26(35)19-11-9-10-17(25(19)36-8)14-22(32-24(34)13-12-23(33)31-7)30-38-21-16-18-15-20(28(18,4)5)29(21,6)39-30/h9-11,18,20-22H,12-16H2,1-8H3,(H,31,33)(H,32,34). The predicted octanol–water partition coefficient (Wildman–Crippen LogP) is 3.47. The number of hydrogen-bond acceptors (Lipinski definition) is 7. The van der Waals surface area contributed by atoms with E-state index in [2.05, 4.69) is 31.4 Å². The highest BCUT2D eigenvalue weighted by molar-refractivity contribution is 6.48. The molecule has 3 saturated carbocycles. The van der Waals surface area contributed by atoms with Crippen molar-refractivity contribution < 1.29 is 33.2 Å². The average Bonchev–Trinajstić information content (AvgIpc) is 3.22. The summed E-state index contributed by atoms with van der Waals surface area (Å²) in [6.45, 7) is 12.2. The number of carbonyl (C=O) groups excluding carboxylic acids is 3. The van der Waals surface area contributed by atoms with E-state index in [-0.39, 0.29) is 36.2 Å². The van der Waals surface area contributed by atoms with Crippen molar-refractivity contribution in [2.75, 3.05) is 14.2 Å². The van der Waals surface area contributed by atoms with Crippen LogP contribution in [0.4, 0.5) is 0 Å². The summed E-state index contributed by atoms with van der Waals surface area (Å²) in [6, 6.07) is 5.30. The third-order valence-electron chi connectivity index (χ3n) is 8.86. The third-order valence-corrected chi connectivity index (χ3v) is 8.86. The lowest BCUT2D eigenvalue weighted by atomic mass is 9.43. The fourth-order valence-electron chi connectivity index (χ4n) is 6.63. The van der Waals surface area contributed by atoms with Crippen molar-refractivity contribution in [3.63, 3.8) is 0 Å². The normalized spacial score (nSPS) is 27.6. The van der Waals surface area contributed by atoms with Crippen LogP contribution in [0.2, 0.25) is 0 Å². The first kappa shape index (κ1) is 29.4. The van der Waals surface area contributed by atoms with Crippen LogP contribution in [-0.4, -0.2) is 62.3 Å². The number of rotatable bonds is 9. The minimum atomic E-state index is -0.686. The predicted molar refractivity (Wildman–Crippen MR) is 147 cm³/mol. The molecule has 0 aromatic heterocycles. The first-order valence-corrected chi connectivity index (χ1v) is 13.9. The van der Waals surface area contributed by atoms with E-state index in [1.165, 1.54) is 7.11 Å². The summed E-state index contributed by atoms with van der Waals surface area (Å²) in [5.41, 5.74) is 0.0998. The molecule has 4 aliphatic rings. The fourth-order valence-corrected chi connectivity index (χ4v) is 6.63. The van der Waals surface area contributed by atoms with Gasteiger partial charge < -0.3 is 29.4 Å². The Balaban J connectivity index is 1.60. The second-order valence-electron chi connectivity index (χ2n) is 12.9. The van der Waals surface area contributed by atoms with E-state index in [4.69, 9.17) is 18.8 Å². The van der Waals surface area contributed by atoms with Crippen molar-refractivity contribution in [2.24, 2.45) is 17.3 Å². The van der Waals surface area contributed by atoms with Gasteiger partial charge in [-0.05, 0) is 75.8 Å². The summed E-state index contributed by atoms with van der Waals surface area (Å²) >= 11 is 0. The number of benzene rings is 1. The van der Waals surface area contributed by atoms with Crippen molar-refractivity contribution in [1.29, 1.82) is 0 Å². The van der Waals surface area contributed by atoms with E-state index in [9.17, 15) is 14.4 Å². The Hall–Kier alpha value is -2.59. The Labute approximate surface area is 232 Å².